The number of carbonyl (C=O) groups excluding carboxylic acids is 3. The maximum atomic E-state index is 11.1. The Balaban J connectivity index is -0.000000154. The van der Waals surface area contributed by atoms with Gasteiger partial charge >= 0.3 is 0 Å². The second kappa shape index (κ2) is 19.2. The van der Waals surface area contributed by atoms with Gasteiger partial charge in [-0.05, 0) is 18.9 Å². The molecule has 0 radical (unpaired) electrons. The summed E-state index contributed by atoms with van der Waals surface area (Å²) in [7, 11) is 3.39. The second-order valence-corrected chi connectivity index (χ2v) is 5.27. The van der Waals surface area contributed by atoms with E-state index in [1.54, 1.807) is 20.0 Å². The first-order valence-electron chi connectivity index (χ1n) is 7.62. The number of hydrogen-bond donors (Lipinski definition) is 3. The molecule has 0 fully saturated rings. The van der Waals surface area contributed by atoms with Gasteiger partial charge in [-0.1, -0.05) is 35.6 Å². The zero-order chi connectivity index (χ0) is 17.5. The predicted molar refractivity (Wildman–Crippen MR) is 103 cm³/mol. The van der Waals surface area contributed by atoms with Crippen LogP contribution in [0, 0.1) is 5.92 Å². The minimum absolute atomic E-state index is 0. The zero-order valence-electron chi connectivity index (χ0n) is 14.7. The predicted octanol–water partition coefficient (Wildman–Crippen LogP) is 2.65. The molecule has 0 aliphatic heterocycles. The number of rotatable bonds is 8. The van der Waals surface area contributed by atoms with Crippen molar-refractivity contribution in [3.63, 3.8) is 0 Å². The lowest BCUT2D eigenvalue weighted by atomic mass is 10.1. The molecular formula is C18H39N3O3. The summed E-state index contributed by atoms with van der Waals surface area (Å²) in [5.41, 5.74) is 0.927. The highest BCUT2D eigenvalue weighted by Gasteiger charge is 2.01. The van der Waals surface area contributed by atoms with Crippen molar-refractivity contribution in [2.45, 2.75) is 61.8 Å². The van der Waals surface area contributed by atoms with E-state index >= 15 is 0 Å². The number of amides is 2. The van der Waals surface area contributed by atoms with Crippen molar-refractivity contribution in [1.82, 2.24) is 16.0 Å². The van der Waals surface area contributed by atoms with Gasteiger partial charge in [0, 0.05) is 45.6 Å². The lowest BCUT2D eigenvalue weighted by Crippen LogP contribution is -2.28. The lowest BCUT2D eigenvalue weighted by Gasteiger charge is -2.01. The van der Waals surface area contributed by atoms with Crippen LogP contribution in [0.1, 0.15) is 61.8 Å². The molecule has 24 heavy (non-hydrogen) atoms. The van der Waals surface area contributed by atoms with Crippen molar-refractivity contribution < 1.29 is 14.4 Å². The highest BCUT2D eigenvalue weighted by Crippen LogP contribution is 2.01. The molecule has 0 aliphatic carbocycles. The number of allylic oxidation sites excluding steroid dienone is 2. The Kier molecular flexibility index (Phi) is 24.1. The largest absolute Gasteiger partial charge is 0.392 e. The first kappa shape index (κ1) is 30.1. The van der Waals surface area contributed by atoms with E-state index in [1.165, 1.54) is 0 Å². The molecule has 0 aliphatic rings. The van der Waals surface area contributed by atoms with Gasteiger partial charge in [-0.25, -0.2) is 0 Å². The average molecular weight is 346 g/mol. The van der Waals surface area contributed by atoms with Crippen LogP contribution in [-0.2, 0) is 14.4 Å². The Labute approximate surface area is 148 Å². The van der Waals surface area contributed by atoms with E-state index in [4.69, 9.17) is 0 Å². The molecule has 0 rings (SSSR count). The first-order chi connectivity index (χ1) is 10.3. The van der Waals surface area contributed by atoms with Gasteiger partial charge in [-0.15, -0.1) is 0 Å². The van der Waals surface area contributed by atoms with Gasteiger partial charge in [0.25, 0.3) is 0 Å². The maximum absolute atomic E-state index is 11.1. The summed E-state index contributed by atoms with van der Waals surface area (Å²) in [5, 5.41) is 7.97. The summed E-state index contributed by atoms with van der Waals surface area (Å²) >= 11 is 0. The fraction of sp³-hybridized carbons (Fsp3) is 0.722. The fourth-order valence-electron chi connectivity index (χ4n) is 1.34. The number of carbonyl (C=O) groups is 3. The molecule has 0 spiro atoms. The molecule has 0 saturated heterocycles. The number of hydrogen-bond acceptors (Lipinski definition) is 4. The normalized spacial score (nSPS) is 9.54. The third-order valence-electron chi connectivity index (χ3n) is 2.66. The van der Waals surface area contributed by atoms with E-state index in [-0.39, 0.29) is 32.5 Å². The van der Waals surface area contributed by atoms with E-state index in [0.29, 0.717) is 31.7 Å². The second-order valence-electron chi connectivity index (χ2n) is 5.27. The van der Waals surface area contributed by atoms with E-state index < -0.39 is 0 Å². The van der Waals surface area contributed by atoms with E-state index in [2.05, 4.69) is 16.0 Å². The molecule has 0 atom stereocenters. The standard InChI is InChI=1S/C9H17NO.C7H14N2O2.2CH4/c1-7(2)5-9(11)6-8(3)10-4;1-3-6(10)9-5-4-7(11)8-2;;/h6-7,10H,5H2,1-4H3;3-5H2,1-2H3,(H,8,11)(H,9,10);2*1H4/b8-6-;;;. The van der Waals surface area contributed by atoms with Crippen molar-refractivity contribution in [1.29, 1.82) is 0 Å². The molecule has 0 aromatic rings. The van der Waals surface area contributed by atoms with Crippen molar-refractivity contribution in [3.05, 3.63) is 11.8 Å². The smallest absolute Gasteiger partial charge is 0.221 e. The van der Waals surface area contributed by atoms with Gasteiger partial charge in [0.15, 0.2) is 5.78 Å². The average Bonchev–Trinajstić information content (AvgIpc) is 2.46. The van der Waals surface area contributed by atoms with Gasteiger partial charge in [-0.3, -0.25) is 14.4 Å². The van der Waals surface area contributed by atoms with Gasteiger partial charge in [0.1, 0.15) is 0 Å². The van der Waals surface area contributed by atoms with Crippen molar-refractivity contribution >= 4 is 17.6 Å². The molecule has 0 heterocycles. The van der Waals surface area contributed by atoms with Crippen molar-refractivity contribution in [3.8, 4) is 0 Å². The summed E-state index contributed by atoms with van der Waals surface area (Å²) in [6, 6.07) is 0. The molecule has 0 saturated carbocycles. The van der Waals surface area contributed by atoms with Crippen LogP contribution >= 0.6 is 0 Å². The topological polar surface area (TPSA) is 87.3 Å². The highest BCUT2D eigenvalue weighted by molar-refractivity contribution is 5.90. The van der Waals surface area contributed by atoms with Gasteiger partial charge in [0.2, 0.25) is 11.8 Å². The number of ketones is 1. The molecule has 6 nitrogen and oxygen atoms in total. The van der Waals surface area contributed by atoms with Crippen LogP contribution in [0.5, 0.6) is 0 Å². The highest BCUT2D eigenvalue weighted by atomic mass is 16.2. The fourth-order valence-corrected chi connectivity index (χ4v) is 1.34. The minimum atomic E-state index is -0.0543. The van der Waals surface area contributed by atoms with Gasteiger partial charge in [0.05, 0.1) is 0 Å². The van der Waals surface area contributed by atoms with Crippen molar-refractivity contribution in [2.75, 3.05) is 20.6 Å². The quantitative estimate of drug-likeness (QED) is 0.590. The van der Waals surface area contributed by atoms with Crippen LogP contribution in [0.3, 0.4) is 0 Å². The SMILES string of the molecule is C.C.CCC(=O)NCCC(=O)NC.CN/C(C)=C\C(=O)CC(C)C. The van der Waals surface area contributed by atoms with Crippen LogP contribution < -0.4 is 16.0 Å². The summed E-state index contributed by atoms with van der Waals surface area (Å²) in [5.74, 6) is 0.575. The molecule has 0 aromatic carbocycles. The van der Waals surface area contributed by atoms with Gasteiger partial charge in [-0.2, -0.15) is 0 Å². The molecule has 2 amide bonds. The van der Waals surface area contributed by atoms with E-state index in [1.807, 2.05) is 27.8 Å². The Hall–Kier alpha value is -1.85. The summed E-state index contributed by atoms with van der Waals surface area (Å²) in [6.45, 7) is 8.17. The summed E-state index contributed by atoms with van der Waals surface area (Å²) in [4.78, 5) is 32.4. The summed E-state index contributed by atoms with van der Waals surface area (Å²) in [6.07, 6.45) is 3.11. The molecule has 144 valence electrons. The van der Waals surface area contributed by atoms with Crippen LogP contribution in [0.25, 0.3) is 0 Å². The maximum Gasteiger partial charge on any atom is 0.221 e. The zero-order valence-corrected chi connectivity index (χ0v) is 14.7. The number of nitrogens with one attached hydrogen (secondary N) is 3. The third-order valence-corrected chi connectivity index (χ3v) is 2.66. The lowest BCUT2D eigenvalue weighted by molar-refractivity contribution is -0.122. The van der Waals surface area contributed by atoms with E-state index in [0.717, 1.165) is 5.70 Å². The Bertz CT molecular complexity index is 362. The van der Waals surface area contributed by atoms with Crippen LogP contribution in [0.15, 0.2) is 11.8 Å². The molecular weight excluding hydrogens is 306 g/mol. The van der Waals surface area contributed by atoms with Gasteiger partial charge < -0.3 is 16.0 Å². The summed E-state index contributed by atoms with van der Waals surface area (Å²) < 4.78 is 0. The Morgan fingerprint density at radius 1 is 1.00 bits per heavy atom. The minimum Gasteiger partial charge on any atom is -0.392 e. The molecule has 0 bridgehead atoms. The Morgan fingerprint density at radius 2 is 1.54 bits per heavy atom. The molecule has 3 N–H and O–H groups in total. The monoisotopic (exact) mass is 345 g/mol. The van der Waals surface area contributed by atoms with Crippen molar-refractivity contribution in [2.24, 2.45) is 5.92 Å². The molecule has 0 aromatic heterocycles. The third kappa shape index (κ3) is 22.4. The van der Waals surface area contributed by atoms with Crippen LogP contribution in [0.4, 0.5) is 0 Å². The molecule has 6 heteroatoms. The van der Waals surface area contributed by atoms with Crippen LogP contribution in [-0.4, -0.2) is 38.2 Å². The molecule has 0 unspecified atom stereocenters. The first-order valence-corrected chi connectivity index (χ1v) is 7.62. The Morgan fingerprint density at radius 3 is 1.92 bits per heavy atom. The van der Waals surface area contributed by atoms with Crippen LogP contribution in [0.2, 0.25) is 0 Å². The van der Waals surface area contributed by atoms with E-state index in [9.17, 15) is 14.4 Å².